The molecule has 1 aromatic heterocycles. The van der Waals surface area contributed by atoms with Crippen molar-refractivity contribution in [2.24, 2.45) is 5.92 Å². The molecule has 2 atom stereocenters. The van der Waals surface area contributed by atoms with Crippen molar-refractivity contribution >= 4 is 27.3 Å². The average molecular weight is 303 g/mol. The Hall–Kier alpha value is 0.1000. The van der Waals surface area contributed by atoms with Crippen LogP contribution < -0.4 is 5.32 Å². The van der Waals surface area contributed by atoms with Crippen molar-refractivity contribution in [2.75, 3.05) is 27.2 Å². The van der Waals surface area contributed by atoms with E-state index in [1.165, 1.54) is 27.2 Å². The Kier molecular flexibility index (Phi) is 4.06. The van der Waals surface area contributed by atoms with E-state index in [0.29, 0.717) is 6.04 Å². The summed E-state index contributed by atoms with van der Waals surface area (Å²) in [5.74, 6) is 0.750. The van der Waals surface area contributed by atoms with Gasteiger partial charge in [0.05, 0.1) is 0 Å². The van der Waals surface area contributed by atoms with Crippen LogP contribution in [0.2, 0.25) is 0 Å². The number of likely N-dealkylation sites (tertiary alicyclic amines) is 1. The summed E-state index contributed by atoms with van der Waals surface area (Å²) >= 11 is 5.55. The second-order valence-electron chi connectivity index (χ2n) is 4.58. The first-order chi connectivity index (χ1) is 7.63. The zero-order valence-electron chi connectivity index (χ0n) is 10.1. The molecule has 0 amide bonds. The van der Waals surface area contributed by atoms with Crippen molar-refractivity contribution in [3.63, 3.8) is 0 Å². The summed E-state index contributed by atoms with van der Waals surface area (Å²) in [6, 6.07) is 2.90. The van der Waals surface area contributed by atoms with Crippen molar-refractivity contribution in [3.05, 3.63) is 20.3 Å². The highest BCUT2D eigenvalue weighted by Crippen LogP contribution is 2.41. The second kappa shape index (κ2) is 5.17. The van der Waals surface area contributed by atoms with E-state index < -0.39 is 0 Å². The third-order valence-electron chi connectivity index (χ3n) is 3.41. The van der Waals surface area contributed by atoms with E-state index in [1.807, 2.05) is 18.4 Å². The van der Waals surface area contributed by atoms with Crippen molar-refractivity contribution < 1.29 is 0 Å². The van der Waals surface area contributed by atoms with Crippen molar-refractivity contribution in [1.29, 1.82) is 0 Å². The number of aryl methyl sites for hydroxylation is 1. The molecular weight excluding hydrogens is 284 g/mol. The van der Waals surface area contributed by atoms with Gasteiger partial charge in [-0.05, 0) is 68.4 Å². The van der Waals surface area contributed by atoms with Crippen LogP contribution >= 0.6 is 27.3 Å². The number of nitrogens with zero attached hydrogens (tertiary/aromatic N) is 1. The van der Waals surface area contributed by atoms with E-state index in [0.717, 1.165) is 12.5 Å². The molecule has 1 aliphatic heterocycles. The highest BCUT2D eigenvalue weighted by molar-refractivity contribution is 9.10. The van der Waals surface area contributed by atoms with E-state index in [1.54, 1.807) is 0 Å². The van der Waals surface area contributed by atoms with Gasteiger partial charge in [-0.2, -0.15) is 0 Å². The molecule has 0 aliphatic carbocycles. The quantitative estimate of drug-likeness (QED) is 0.923. The van der Waals surface area contributed by atoms with Crippen LogP contribution in [0.5, 0.6) is 0 Å². The third-order valence-corrected chi connectivity index (χ3v) is 5.62. The topological polar surface area (TPSA) is 15.3 Å². The highest BCUT2D eigenvalue weighted by Gasteiger charge is 2.33. The van der Waals surface area contributed by atoms with Crippen molar-refractivity contribution in [3.8, 4) is 0 Å². The normalized spacial score (nSPS) is 26.5. The van der Waals surface area contributed by atoms with Gasteiger partial charge in [-0.15, -0.1) is 11.3 Å². The largest absolute Gasteiger partial charge is 0.319 e. The Morgan fingerprint density at radius 2 is 2.38 bits per heavy atom. The summed E-state index contributed by atoms with van der Waals surface area (Å²) in [6.07, 6.45) is 1.30. The van der Waals surface area contributed by atoms with Gasteiger partial charge >= 0.3 is 0 Å². The molecule has 90 valence electrons. The molecule has 2 unspecified atom stereocenters. The molecular formula is C12H19BrN2S. The summed E-state index contributed by atoms with van der Waals surface area (Å²) in [5.41, 5.74) is 0. The molecule has 1 N–H and O–H groups in total. The van der Waals surface area contributed by atoms with E-state index in [2.05, 4.69) is 46.2 Å². The second-order valence-corrected chi connectivity index (χ2v) is 6.73. The number of rotatable bonds is 3. The van der Waals surface area contributed by atoms with Crippen LogP contribution in [-0.2, 0) is 0 Å². The number of hydrogen-bond acceptors (Lipinski definition) is 3. The fourth-order valence-corrected chi connectivity index (χ4v) is 4.40. The molecule has 1 saturated heterocycles. The van der Waals surface area contributed by atoms with E-state index in [4.69, 9.17) is 0 Å². The fraction of sp³-hybridized carbons (Fsp3) is 0.667. The summed E-state index contributed by atoms with van der Waals surface area (Å²) in [6.45, 7) is 4.51. The molecule has 1 aliphatic rings. The first-order valence-corrected chi connectivity index (χ1v) is 7.35. The molecule has 1 aromatic rings. The van der Waals surface area contributed by atoms with Crippen LogP contribution in [0, 0.1) is 12.8 Å². The monoisotopic (exact) mass is 302 g/mol. The van der Waals surface area contributed by atoms with Gasteiger partial charge in [0.1, 0.15) is 0 Å². The molecule has 0 saturated carbocycles. The Balaban J connectivity index is 2.22. The van der Waals surface area contributed by atoms with Crippen LogP contribution in [0.25, 0.3) is 0 Å². The Bertz CT molecular complexity index is 342. The van der Waals surface area contributed by atoms with Gasteiger partial charge in [0.15, 0.2) is 0 Å². The standard InChI is InChI=1S/C12H19BrN2S/c1-8-10(13)6-11(16-8)12-9(7-14-2)4-5-15(12)3/h6,9,12,14H,4-5,7H2,1-3H3. The summed E-state index contributed by atoms with van der Waals surface area (Å²) < 4.78 is 1.26. The smallest absolute Gasteiger partial charge is 0.0479 e. The molecule has 2 rings (SSSR count). The Morgan fingerprint density at radius 3 is 2.94 bits per heavy atom. The van der Waals surface area contributed by atoms with Gasteiger partial charge in [0, 0.05) is 20.3 Å². The summed E-state index contributed by atoms with van der Waals surface area (Å²) in [7, 11) is 4.29. The minimum atomic E-state index is 0.599. The third kappa shape index (κ3) is 2.35. The summed E-state index contributed by atoms with van der Waals surface area (Å²) in [5, 5.41) is 3.32. The molecule has 4 heteroatoms. The molecule has 0 radical (unpaired) electrons. The van der Waals surface area contributed by atoms with Gasteiger partial charge < -0.3 is 5.32 Å². The first-order valence-electron chi connectivity index (χ1n) is 5.74. The molecule has 2 nitrogen and oxygen atoms in total. The molecule has 1 fully saturated rings. The number of thiophene rings is 1. The lowest BCUT2D eigenvalue weighted by molar-refractivity contribution is 0.278. The van der Waals surface area contributed by atoms with Crippen molar-refractivity contribution in [2.45, 2.75) is 19.4 Å². The van der Waals surface area contributed by atoms with Crippen LogP contribution in [0.3, 0.4) is 0 Å². The molecule has 0 spiro atoms. The van der Waals surface area contributed by atoms with Crippen LogP contribution in [-0.4, -0.2) is 32.1 Å². The Labute approximate surface area is 110 Å². The van der Waals surface area contributed by atoms with Gasteiger partial charge in [-0.3, -0.25) is 4.90 Å². The predicted octanol–water partition coefficient (Wildman–Crippen LogP) is 3.03. The summed E-state index contributed by atoms with van der Waals surface area (Å²) in [4.78, 5) is 5.38. The average Bonchev–Trinajstić information content (AvgIpc) is 2.73. The highest BCUT2D eigenvalue weighted by atomic mass is 79.9. The fourth-order valence-electron chi connectivity index (χ4n) is 2.58. The zero-order valence-corrected chi connectivity index (χ0v) is 12.5. The van der Waals surface area contributed by atoms with Gasteiger partial charge in [-0.25, -0.2) is 0 Å². The van der Waals surface area contributed by atoms with E-state index >= 15 is 0 Å². The van der Waals surface area contributed by atoms with Crippen LogP contribution in [0.15, 0.2) is 10.5 Å². The predicted molar refractivity (Wildman–Crippen MR) is 74.2 cm³/mol. The van der Waals surface area contributed by atoms with E-state index in [9.17, 15) is 0 Å². The SMILES string of the molecule is CNCC1CCN(C)C1c1cc(Br)c(C)s1. The minimum Gasteiger partial charge on any atom is -0.319 e. The van der Waals surface area contributed by atoms with Gasteiger partial charge in [0.25, 0.3) is 0 Å². The maximum Gasteiger partial charge on any atom is 0.0479 e. The number of nitrogens with one attached hydrogen (secondary N) is 1. The lowest BCUT2D eigenvalue weighted by atomic mass is 9.99. The zero-order chi connectivity index (χ0) is 11.7. The molecule has 0 bridgehead atoms. The van der Waals surface area contributed by atoms with E-state index in [-0.39, 0.29) is 0 Å². The van der Waals surface area contributed by atoms with Crippen LogP contribution in [0.4, 0.5) is 0 Å². The molecule has 16 heavy (non-hydrogen) atoms. The Morgan fingerprint density at radius 1 is 1.62 bits per heavy atom. The molecule has 2 heterocycles. The maximum atomic E-state index is 3.62. The van der Waals surface area contributed by atoms with Gasteiger partial charge in [-0.1, -0.05) is 0 Å². The number of hydrogen-bond donors (Lipinski definition) is 1. The number of halogens is 1. The van der Waals surface area contributed by atoms with Crippen LogP contribution in [0.1, 0.15) is 22.2 Å². The first kappa shape index (κ1) is 12.6. The lowest BCUT2D eigenvalue weighted by Crippen LogP contribution is -2.26. The van der Waals surface area contributed by atoms with Crippen molar-refractivity contribution in [1.82, 2.24) is 10.2 Å². The molecule has 0 aromatic carbocycles. The van der Waals surface area contributed by atoms with Gasteiger partial charge in [0.2, 0.25) is 0 Å². The maximum absolute atomic E-state index is 3.62. The minimum absolute atomic E-state index is 0.599. The lowest BCUT2D eigenvalue weighted by Gasteiger charge is -2.23.